The highest BCUT2D eigenvalue weighted by molar-refractivity contribution is 6.23. The van der Waals surface area contributed by atoms with Gasteiger partial charge in [0.1, 0.15) is 17.8 Å². The van der Waals surface area contributed by atoms with Crippen molar-refractivity contribution in [3.8, 4) is 0 Å². The normalized spacial score (nSPS) is 35.7. The fourth-order valence-corrected chi connectivity index (χ4v) is 3.70. The lowest BCUT2D eigenvalue weighted by molar-refractivity contribution is -0.145. The third-order valence-electron chi connectivity index (χ3n) is 5.39. The highest BCUT2D eigenvalue weighted by Gasteiger charge is 2.59. The van der Waals surface area contributed by atoms with Gasteiger partial charge in [0.25, 0.3) is 0 Å². The molecule has 0 aromatic rings. The first-order valence-electron chi connectivity index (χ1n) is 9.41. The van der Waals surface area contributed by atoms with Gasteiger partial charge in [-0.05, 0) is 31.8 Å². The van der Waals surface area contributed by atoms with Crippen molar-refractivity contribution in [3.05, 3.63) is 35.1 Å². The van der Waals surface area contributed by atoms with E-state index in [1.165, 1.54) is 0 Å². The van der Waals surface area contributed by atoms with Gasteiger partial charge < -0.3 is 24.4 Å². The SMILES string of the molecule is C=C1CCC[C@H](C)OC(=O)C2=C([C@H]3O[C@@H]3C[C@H](O)[C@@H]1O)C(F)(F)C(OC)=CC2=O. The third-order valence-corrected chi connectivity index (χ3v) is 5.39. The fourth-order valence-electron chi connectivity index (χ4n) is 3.70. The van der Waals surface area contributed by atoms with Gasteiger partial charge in [-0.3, -0.25) is 4.79 Å². The van der Waals surface area contributed by atoms with Crippen molar-refractivity contribution >= 4 is 11.8 Å². The Bertz CT molecular complexity index is 786. The number of epoxide rings is 1. The number of halogens is 2. The van der Waals surface area contributed by atoms with Gasteiger partial charge in [-0.25, -0.2) is 4.79 Å². The topological polar surface area (TPSA) is 106 Å². The standard InChI is InChI=1S/C20H24F2O7/c1-9-5-4-6-10(2)28-19(26)15-11(23)8-14(27-3)20(21,22)16(15)18-13(29-18)7-12(24)17(9)25/h8,10,12-13,17-18,24-25H,1,4-7H2,2-3H3/t10-,12-,13+,17+,18-/m0/s1. The van der Waals surface area contributed by atoms with Crippen LogP contribution in [0.5, 0.6) is 0 Å². The molecule has 29 heavy (non-hydrogen) atoms. The maximum Gasteiger partial charge on any atom is 0.342 e. The summed E-state index contributed by atoms with van der Waals surface area (Å²) >= 11 is 0. The Labute approximate surface area is 166 Å². The summed E-state index contributed by atoms with van der Waals surface area (Å²) in [6.45, 7) is 5.34. The quantitative estimate of drug-likeness (QED) is 0.290. The number of rotatable bonds is 1. The summed E-state index contributed by atoms with van der Waals surface area (Å²) in [6, 6.07) is 0. The number of allylic oxidation sites excluding steroid dienone is 2. The molecule has 2 N–H and O–H groups in total. The molecule has 0 unspecified atom stereocenters. The van der Waals surface area contributed by atoms with E-state index in [4.69, 9.17) is 9.47 Å². The van der Waals surface area contributed by atoms with Crippen LogP contribution in [-0.4, -0.2) is 65.5 Å². The Morgan fingerprint density at radius 3 is 2.66 bits per heavy atom. The van der Waals surface area contributed by atoms with Crippen molar-refractivity contribution in [2.45, 2.75) is 69.0 Å². The van der Waals surface area contributed by atoms with E-state index in [0.717, 1.165) is 7.11 Å². The lowest BCUT2D eigenvalue weighted by Crippen LogP contribution is -2.38. The zero-order valence-electron chi connectivity index (χ0n) is 16.2. The molecular weight excluding hydrogens is 390 g/mol. The average Bonchev–Trinajstić information content (AvgIpc) is 3.39. The Morgan fingerprint density at radius 2 is 2.00 bits per heavy atom. The first-order valence-corrected chi connectivity index (χ1v) is 9.41. The molecule has 3 aliphatic rings. The molecular formula is C20H24F2O7. The molecule has 1 saturated heterocycles. The van der Waals surface area contributed by atoms with Crippen LogP contribution in [0, 0.1) is 0 Å². The number of ether oxygens (including phenoxy) is 3. The van der Waals surface area contributed by atoms with Crippen molar-refractivity contribution in [2.24, 2.45) is 0 Å². The third kappa shape index (κ3) is 4.12. The first kappa shape index (κ1) is 21.6. The second-order valence-electron chi connectivity index (χ2n) is 7.55. The van der Waals surface area contributed by atoms with E-state index in [2.05, 4.69) is 11.3 Å². The lowest BCUT2D eigenvalue weighted by Gasteiger charge is -2.27. The van der Waals surface area contributed by atoms with Crippen LogP contribution in [0.15, 0.2) is 35.1 Å². The molecule has 160 valence electrons. The summed E-state index contributed by atoms with van der Waals surface area (Å²) in [4.78, 5) is 25.1. The summed E-state index contributed by atoms with van der Waals surface area (Å²) in [5.74, 6) is -6.75. The van der Waals surface area contributed by atoms with Gasteiger partial charge in [-0.1, -0.05) is 6.58 Å². The first-order chi connectivity index (χ1) is 13.6. The monoisotopic (exact) mass is 414 g/mol. The average molecular weight is 414 g/mol. The van der Waals surface area contributed by atoms with Gasteiger partial charge >= 0.3 is 11.9 Å². The number of aliphatic hydroxyl groups is 2. The summed E-state index contributed by atoms with van der Waals surface area (Å²) < 4.78 is 45.2. The van der Waals surface area contributed by atoms with E-state index in [-0.39, 0.29) is 6.42 Å². The second kappa shape index (κ2) is 7.97. The van der Waals surface area contributed by atoms with Crippen molar-refractivity contribution < 1.29 is 42.8 Å². The summed E-state index contributed by atoms with van der Waals surface area (Å²) in [6.07, 6.45) is -3.71. The molecule has 9 heteroatoms. The van der Waals surface area contributed by atoms with E-state index in [9.17, 15) is 19.8 Å². The van der Waals surface area contributed by atoms with Crippen molar-refractivity contribution in [1.82, 2.24) is 0 Å². The van der Waals surface area contributed by atoms with Crippen molar-refractivity contribution in [2.75, 3.05) is 7.11 Å². The van der Waals surface area contributed by atoms with Crippen LogP contribution in [0.25, 0.3) is 0 Å². The van der Waals surface area contributed by atoms with E-state index in [1.807, 2.05) is 0 Å². The number of cyclic esters (lactones) is 1. The Kier molecular flexibility index (Phi) is 5.93. The minimum Gasteiger partial charge on any atom is -0.494 e. The number of hydrogen-bond donors (Lipinski definition) is 2. The molecule has 1 fully saturated rings. The molecule has 3 rings (SSSR count). The van der Waals surface area contributed by atoms with Gasteiger partial charge in [0.2, 0.25) is 0 Å². The number of fused-ring (bicyclic) bond motifs is 2. The van der Waals surface area contributed by atoms with Crippen LogP contribution in [0.3, 0.4) is 0 Å². The molecule has 0 radical (unpaired) electrons. The molecule has 0 aromatic carbocycles. The van der Waals surface area contributed by atoms with E-state index >= 15 is 8.78 Å². The van der Waals surface area contributed by atoms with E-state index in [0.29, 0.717) is 30.9 Å². The highest BCUT2D eigenvalue weighted by atomic mass is 19.3. The number of esters is 1. The zero-order valence-corrected chi connectivity index (χ0v) is 16.2. The minimum atomic E-state index is -3.76. The molecule has 2 aliphatic heterocycles. The maximum atomic E-state index is 15.0. The summed E-state index contributed by atoms with van der Waals surface area (Å²) in [7, 11) is 0.999. The van der Waals surface area contributed by atoms with E-state index in [1.54, 1.807) is 6.92 Å². The molecule has 2 heterocycles. The van der Waals surface area contributed by atoms with Crippen molar-refractivity contribution in [1.29, 1.82) is 0 Å². The Balaban J connectivity index is 2.01. The molecule has 0 aromatic heterocycles. The van der Waals surface area contributed by atoms with Crippen LogP contribution in [0.4, 0.5) is 8.78 Å². The molecule has 0 saturated carbocycles. The van der Waals surface area contributed by atoms with Gasteiger partial charge in [-0.15, -0.1) is 0 Å². The number of aliphatic hydroxyl groups excluding tert-OH is 2. The number of methoxy groups -OCH3 is 1. The van der Waals surface area contributed by atoms with Crippen molar-refractivity contribution in [3.63, 3.8) is 0 Å². The predicted octanol–water partition coefficient (Wildman–Crippen LogP) is 1.58. The maximum absolute atomic E-state index is 15.0. The molecule has 0 bridgehead atoms. The van der Waals surface area contributed by atoms with Crippen LogP contribution >= 0.6 is 0 Å². The second-order valence-corrected chi connectivity index (χ2v) is 7.55. The largest absolute Gasteiger partial charge is 0.494 e. The van der Waals surface area contributed by atoms with E-state index < -0.39 is 65.1 Å². The summed E-state index contributed by atoms with van der Waals surface area (Å²) in [5, 5.41) is 20.5. The number of alkyl halides is 2. The fraction of sp³-hybridized carbons (Fsp3) is 0.600. The molecule has 5 atom stereocenters. The van der Waals surface area contributed by atoms with Gasteiger partial charge in [0.05, 0.1) is 31.0 Å². The highest BCUT2D eigenvalue weighted by Crippen LogP contribution is 2.48. The summed E-state index contributed by atoms with van der Waals surface area (Å²) in [5.41, 5.74) is -1.21. The van der Waals surface area contributed by atoms with Crippen LogP contribution in [-0.2, 0) is 23.8 Å². The Morgan fingerprint density at radius 1 is 1.31 bits per heavy atom. The van der Waals surface area contributed by atoms with Gasteiger partial charge in [0, 0.05) is 12.5 Å². The number of carbonyl (C=O) groups excluding carboxylic acids is 2. The van der Waals surface area contributed by atoms with Gasteiger partial charge in [-0.2, -0.15) is 8.78 Å². The van der Waals surface area contributed by atoms with Crippen LogP contribution in [0.1, 0.15) is 32.6 Å². The number of hydrogen-bond acceptors (Lipinski definition) is 7. The predicted molar refractivity (Wildman–Crippen MR) is 95.9 cm³/mol. The molecule has 0 spiro atoms. The van der Waals surface area contributed by atoms with Crippen LogP contribution in [0.2, 0.25) is 0 Å². The lowest BCUT2D eigenvalue weighted by atomic mass is 9.86. The molecule has 0 amide bonds. The number of carbonyl (C=O) groups is 2. The molecule has 7 nitrogen and oxygen atoms in total. The van der Waals surface area contributed by atoms with Crippen LogP contribution < -0.4 is 0 Å². The minimum absolute atomic E-state index is 0.163. The number of ketones is 1. The molecule has 1 aliphatic carbocycles. The Hall–Kier alpha value is -2.10. The zero-order chi connectivity index (χ0) is 21.5. The van der Waals surface area contributed by atoms with Gasteiger partial charge in [0.15, 0.2) is 11.5 Å². The smallest absolute Gasteiger partial charge is 0.342 e.